The van der Waals surface area contributed by atoms with Gasteiger partial charge in [0.1, 0.15) is 5.75 Å². The number of phenols is 1. The quantitative estimate of drug-likeness (QED) is 0.669. The second-order valence-electron chi connectivity index (χ2n) is 4.17. The van der Waals surface area contributed by atoms with Gasteiger partial charge in [-0.25, -0.2) is 5.43 Å². The van der Waals surface area contributed by atoms with Crippen molar-refractivity contribution < 1.29 is 9.90 Å². The summed E-state index contributed by atoms with van der Waals surface area (Å²) < 4.78 is 0.828. The third-order valence-electron chi connectivity index (χ3n) is 2.71. The van der Waals surface area contributed by atoms with E-state index in [-0.39, 0.29) is 11.7 Å². The first kappa shape index (κ1) is 14.3. The largest absolute Gasteiger partial charge is 0.507 e. The Bertz CT molecular complexity index is 654. The summed E-state index contributed by atoms with van der Waals surface area (Å²) in [5.74, 6) is -0.178. The molecule has 20 heavy (non-hydrogen) atoms. The molecule has 0 aliphatic rings. The number of carbonyl (C=O) groups excluding carboxylic acids is 1. The molecule has 5 heteroatoms. The van der Waals surface area contributed by atoms with Crippen LogP contribution in [0.2, 0.25) is 0 Å². The predicted molar refractivity (Wildman–Crippen MR) is 81.9 cm³/mol. The van der Waals surface area contributed by atoms with Gasteiger partial charge in [-0.1, -0.05) is 34.1 Å². The molecule has 0 aliphatic heterocycles. The first-order chi connectivity index (χ1) is 9.58. The van der Waals surface area contributed by atoms with E-state index in [1.54, 1.807) is 49.4 Å². The van der Waals surface area contributed by atoms with E-state index in [4.69, 9.17) is 0 Å². The summed E-state index contributed by atoms with van der Waals surface area (Å²) in [6.45, 7) is 1.72. The number of hydrogen-bond acceptors (Lipinski definition) is 3. The maximum Gasteiger partial charge on any atom is 0.271 e. The second kappa shape index (κ2) is 6.34. The zero-order valence-corrected chi connectivity index (χ0v) is 12.4. The van der Waals surface area contributed by atoms with E-state index in [1.165, 1.54) is 0 Å². The van der Waals surface area contributed by atoms with Gasteiger partial charge >= 0.3 is 0 Å². The van der Waals surface area contributed by atoms with Crippen molar-refractivity contribution in [3.05, 3.63) is 64.1 Å². The van der Waals surface area contributed by atoms with E-state index in [9.17, 15) is 9.90 Å². The Morgan fingerprint density at radius 3 is 2.60 bits per heavy atom. The molecule has 0 saturated heterocycles. The van der Waals surface area contributed by atoms with Gasteiger partial charge in [-0.2, -0.15) is 5.10 Å². The van der Waals surface area contributed by atoms with E-state index in [1.807, 2.05) is 6.07 Å². The standard InChI is InChI=1S/C15H13BrN2O2/c1-10(13-9-12(16)7-8-14(13)19)17-18-15(20)11-5-3-2-4-6-11/h2-9,19H,1H3,(H,18,20)/b17-10+. The van der Waals surface area contributed by atoms with Gasteiger partial charge in [0.05, 0.1) is 5.71 Å². The van der Waals surface area contributed by atoms with Crippen LogP contribution in [0.1, 0.15) is 22.8 Å². The second-order valence-corrected chi connectivity index (χ2v) is 5.08. The lowest BCUT2D eigenvalue weighted by molar-refractivity contribution is 0.0955. The van der Waals surface area contributed by atoms with Gasteiger partial charge in [-0.05, 0) is 37.3 Å². The van der Waals surface area contributed by atoms with Crippen molar-refractivity contribution >= 4 is 27.5 Å². The lowest BCUT2D eigenvalue weighted by Crippen LogP contribution is -2.19. The smallest absolute Gasteiger partial charge is 0.271 e. The molecule has 2 rings (SSSR count). The highest BCUT2D eigenvalue weighted by atomic mass is 79.9. The highest BCUT2D eigenvalue weighted by molar-refractivity contribution is 9.10. The summed E-state index contributed by atoms with van der Waals surface area (Å²) in [5.41, 5.74) is 4.08. The average molecular weight is 333 g/mol. The van der Waals surface area contributed by atoms with Gasteiger partial charge in [-0.3, -0.25) is 4.79 Å². The Balaban J connectivity index is 2.15. The number of phenolic OH excluding ortho intramolecular Hbond substituents is 1. The molecule has 0 radical (unpaired) electrons. The lowest BCUT2D eigenvalue weighted by atomic mass is 10.1. The van der Waals surface area contributed by atoms with E-state index >= 15 is 0 Å². The first-order valence-electron chi connectivity index (χ1n) is 5.96. The molecule has 2 N–H and O–H groups in total. The Morgan fingerprint density at radius 2 is 1.90 bits per heavy atom. The molecule has 1 amide bonds. The Kier molecular flexibility index (Phi) is 4.53. The third-order valence-corrected chi connectivity index (χ3v) is 3.20. The van der Waals surface area contributed by atoms with Gasteiger partial charge < -0.3 is 5.11 Å². The van der Waals surface area contributed by atoms with Gasteiger partial charge in [0.15, 0.2) is 0 Å². The molecule has 0 unspecified atom stereocenters. The summed E-state index contributed by atoms with van der Waals surface area (Å²) in [6.07, 6.45) is 0. The van der Waals surface area contributed by atoms with Crippen LogP contribution in [-0.2, 0) is 0 Å². The minimum absolute atomic E-state index is 0.114. The van der Waals surface area contributed by atoms with Crippen molar-refractivity contribution in [1.82, 2.24) is 5.43 Å². The number of aromatic hydroxyl groups is 1. The van der Waals surface area contributed by atoms with Crippen molar-refractivity contribution in [3.63, 3.8) is 0 Å². The summed E-state index contributed by atoms with van der Waals surface area (Å²) in [7, 11) is 0. The summed E-state index contributed by atoms with van der Waals surface area (Å²) in [6, 6.07) is 13.9. The van der Waals surface area contributed by atoms with Gasteiger partial charge in [-0.15, -0.1) is 0 Å². The van der Waals surface area contributed by atoms with Crippen molar-refractivity contribution in [2.75, 3.05) is 0 Å². The van der Waals surface area contributed by atoms with Crippen LogP contribution in [0.4, 0.5) is 0 Å². The number of benzene rings is 2. The molecule has 0 aromatic heterocycles. The topological polar surface area (TPSA) is 61.7 Å². The van der Waals surface area contributed by atoms with Gasteiger partial charge in [0, 0.05) is 15.6 Å². The highest BCUT2D eigenvalue weighted by Gasteiger charge is 2.07. The summed E-state index contributed by atoms with van der Waals surface area (Å²) in [4.78, 5) is 11.8. The van der Waals surface area contributed by atoms with Gasteiger partial charge in [0.25, 0.3) is 5.91 Å². The third kappa shape index (κ3) is 3.45. The number of hydrogen-bond donors (Lipinski definition) is 2. The van der Waals surface area contributed by atoms with Crippen LogP contribution in [0, 0.1) is 0 Å². The van der Waals surface area contributed by atoms with E-state index in [0.717, 1.165) is 4.47 Å². The molecule has 0 bridgehead atoms. The van der Waals surface area contributed by atoms with Crippen molar-refractivity contribution in [2.24, 2.45) is 5.10 Å². The van der Waals surface area contributed by atoms with Crippen LogP contribution in [0.3, 0.4) is 0 Å². The molecule has 0 heterocycles. The number of hydrazone groups is 1. The van der Waals surface area contributed by atoms with E-state index in [0.29, 0.717) is 16.8 Å². The number of amides is 1. The minimum atomic E-state index is -0.292. The molecule has 0 saturated carbocycles. The number of nitrogens with zero attached hydrogens (tertiary/aromatic N) is 1. The SMILES string of the molecule is C/C(=N\NC(=O)c1ccccc1)c1cc(Br)ccc1O. The molecular formula is C15H13BrN2O2. The van der Waals surface area contributed by atoms with Crippen LogP contribution in [-0.4, -0.2) is 16.7 Å². The molecule has 0 aliphatic carbocycles. The Morgan fingerprint density at radius 1 is 1.20 bits per heavy atom. The summed E-state index contributed by atoms with van der Waals surface area (Å²) in [5, 5.41) is 13.8. The number of halogens is 1. The Labute approximate surface area is 125 Å². The molecule has 102 valence electrons. The zero-order chi connectivity index (χ0) is 14.5. The highest BCUT2D eigenvalue weighted by Crippen LogP contribution is 2.22. The number of carbonyl (C=O) groups is 1. The molecule has 2 aromatic carbocycles. The first-order valence-corrected chi connectivity index (χ1v) is 6.76. The zero-order valence-electron chi connectivity index (χ0n) is 10.8. The van der Waals surface area contributed by atoms with Crippen LogP contribution in [0.25, 0.3) is 0 Å². The van der Waals surface area contributed by atoms with Crippen molar-refractivity contribution in [1.29, 1.82) is 0 Å². The fourth-order valence-electron chi connectivity index (χ4n) is 1.65. The van der Waals surface area contributed by atoms with Crippen molar-refractivity contribution in [3.8, 4) is 5.75 Å². The molecule has 4 nitrogen and oxygen atoms in total. The monoisotopic (exact) mass is 332 g/mol. The fourth-order valence-corrected chi connectivity index (χ4v) is 2.01. The van der Waals surface area contributed by atoms with Crippen molar-refractivity contribution in [2.45, 2.75) is 6.92 Å². The number of rotatable bonds is 3. The van der Waals surface area contributed by atoms with Crippen LogP contribution in [0.5, 0.6) is 5.75 Å². The lowest BCUT2D eigenvalue weighted by Gasteiger charge is -2.05. The van der Waals surface area contributed by atoms with E-state index in [2.05, 4.69) is 26.5 Å². The molecule has 0 atom stereocenters. The van der Waals surface area contributed by atoms with Gasteiger partial charge in [0.2, 0.25) is 0 Å². The van der Waals surface area contributed by atoms with Crippen LogP contribution >= 0.6 is 15.9 Å². The number of nitrogens with one attached hydrogen (secondary N) is 1. The fraction of sp³-hybridized carbons (Fsp3) is 0.0667. The minimum Gasteiger partial charge on any atom is -0.507 e. The van der Waals surface area contributed by atoms with Crippen LogP contribution in [0.15, 0.2) is 58.1 Å². The maximum atomic E-state index is 11.8. The van der Waals surface area contributed by atoms with E-state index < -0.39 is 0 Å². The molecular weight excluding hydrogens is 320 g/mol. The predicted octanol–water partition coefficient (Wildman–Crippen LogP) is 3.31. The molecule has 2 aromatic rings. The average Bonchev–Trinajstić information content (AvgIpc) is 2.47. The molecule has 0 spiro atoms. The van der Waals surface area contributed by atoms with Crippen LogP contribution < -0.4 is 5.43 Å². The maximum absolute atomic E-state index is 11.8. The summed E-state index contributed by atoms with van der Waals surface area (Å²) >= 11 is 3.33. The normalized spacial score (nSPS) is 11.2. The molecule has 0 fully saturated rings. The Hall–Kier alpha value is -2.14.